The van der Waals surface area contributed by atoms with Crippen molar-refractivity contribution in [3.63, 3.8) is 0 Å². The summed E-state index contributed by atoms with van der Waals surface area (Å²) in [6.07, 6.45) is 15.1. The van der Waals surface area contributed by atoms with Crippen LogP contribution >= 0.6 is 0 Å². The van der Waals surface area contributed by atoms with Crippen molar-refractivity contribution in [2.24, 2.45) is 0 Å². The molecule has 1 fully saturated rings. The summed E-state index contributed by atoms with van der Waals surface area (Å²) in [5.41, 5.74) is 0.132. The number of nitrogens with one attached hydrogen (secondary N) is 1. The topological polar surface area (TPSA) is 60.4 Å². The lowest BCUT2D eigenvalue weighted by atomic mass is 9.79. The highest BCUT2D eigenvalue weighted by Crippen LogP contribution is 2.34. The van der Waals surface area contributed by atoms with Crippen molar-refractivity contribution < 1.29 is 0 Å². The van der Waals surface area contributed by atoms with Crippen LogP contribution in [0.2, 0.25) is 0 Å². The van der Waals surface area contributed by atoms with Crippen LogP contribution in [0, 0.1) is 0 Å². The molecule has 7 nitrogen and oxygen atoms in total. The molecule has 0 amide bonds. The summed E-state index contributed by atoms with van der Waals surface area (Å²) in [7, 11) is 0. The van der Waals surface area contributed by atoms with Crippen molar-refractivity contribution in [3.05, 3.63) is 0 Å². The third kappa shape index (κ3) is 11.3. The van der Waals surface area contributed by atoms with Gasteiger partial charge in [-0.25, -0.2) is 0 Å². The lowest BCUT2D eigenvalue weighted by molar-refractivity contribution is 0.157. The second kappa shape index (κ2) is 17.4. The number of hydrogen-bond acceptors (Lipinski definition) is 7. The van der Waals surface area contributed by atoms with Crippen LogP contribution in [0.4, 0.5) is 17.8 Å². The van der Waals surface area contributed by atoms with Crippen molar-refractivity contribution in [3.8, 4) is 0 Å². The zero-order valence-corrected chi connectivity index (χ0v) is 28.0. The molecule has 1 aromatic rings. The van der Waals surface area contributed by atoms with Crippen LogP contribution in [-0.2, 0) is 0 Å². The van der Waals surface area contributed by atoms with Gasteiger partial charge in [-0.15, -0.1) is 0 Å². The Kier molecular flexibility index (Phi) is 15.0. The first-order chi connectivity index (χ1) is 19.1. The van der Waals surface area contributed by atoms with Gasteiger partial charge in [-0.05, 0) is 72.6 Å². The molecule has 1 N–H and O–H groups in total. The minimum Gasteiger partial charge on any atom is -0.341 e. The second-order valence-corrected chi connectivity index (χ2v) is 13.5. The van der Waals surface area contributed by atoms with E-state index in [1.807, 2.05) is 0 Å². The lowest BCUT2D eigenvalue weighted by Crippen LogP contribution is -2.62. The van der Waals surface area contributed by atoms with Gasteiger partial charge in [0.05, 0.1) is 0 Å². The fraction of sp³-hybridized carbons (Fsp3) is 0.909. The first-order valence-electron chi connectivity index (χ1n) is 16.9. The van der Waals surface area contributed by atoms with Crippen LogP contribution < -0.4 is 20.0 Å². The maximum absolute atomic E-state index is 5.31. The van der Waals surface area contributed by atoms with Crippen molar-refractivity contribution in [1.82, 2.24) is 20.3 Å². The van der Waals surface area contributed by atoms with Crippen molar-refractivity contribution in [2.75, 3.05) is 47.4 Å². The number of unbranched alkanes of at least 4 members (excludes halogenated alkanes) is 6. The van der Waals surface area contributed by atoms with E-state index in [2.05, 4.69) is 82.3 Å². The summed E-state index contributed by atoms with van der Waals surface area (Å²) >= 11 is 0. The van der Waals surface area contributed by atoms with Gasteiger partial charge in [0.1, 0.15) is 0 Å². The number of anilines is 3. The molecule has 7 heteroatoms. The normalized spacial score (nSPS) is 16.7. The SMILES string of the molecule is CCCCCN(c1nc(N(CCCC)CCCC)nc(N(CCCC)CCCC)n1)C1CC(C)(C)NC(C)(C)C1. The molecular weight excluding hydrogens is 494 g/mol. The average Bonchev–Trinajstić information content (AvgIpc) is 2.89. The van der Waals surface area contributed by atoms with E-state index >= 15 is 0 Å². The monoisotopic (exact) mass is 560 g/mol. The first kappa shape index (κ1) is 34.6. The Morgan fingerprint density at radius 1 is 0.550 bits per heavy atom. The van der Waals surface area contributed by atoms with Crippen LogP contribution in [0.15, 0.2) is 0 Å². The highest BCUT2D eigenvalue weighted by atomic mass is 15.4. The molecule has 0 unspecified atom stereocenters. The lowest BCUT2D eigenvalue weighted by Gasteiger charge is -2.49. The molecule has 0 atom stereocenters. The van der Waals surface area contributed by atoms with Crippen LogP contribution in [0.3, 0.4) is 0 Å². The van der Waals surface area contributed by atoms with Gasteiger partial charge in [0.25, 0.3) is 0 Å². The quantitative estimate of drug-likeness (QED) is 0.162. The zero-order valence-electron chi connectivity index (χ0n) is 28.0. The van der Waals surface area contributed by atoms with E-state index in [0.717, 1.165) is 89.1 Å². The smallest absolute Gasteiger partial charge is 0.232 e. The minimum absolute atomic E-state index is 0.0662. The Morgan fingerprint density at radius 2 is 0.925 bits per heavy atom. The fourth-order valence-corrected chi connectivity index (χ4v) is 6.24. The van der Waals surface area contributed by atoms with Crippen LogP contribution in [0.25, 0.3) is 0 Å². The standard InChI is InChI=1S/C33H65N7/c1-10-15-20-25-40(28-26-32(6,7)37-33(8,9)27-28)31-35-29(38(21-16-11-2)22-17-12-3)34-30(36-31)39(23-18-13-4)24-19-14-5/h28,37H,10-27H2,1-9H3. The molecule has 2 heterocycles. The summed E-state index contributed by atoms with van der Waals surface area (Å²) < 4.78 is 0. The van der Waals surface area contributed by atoms with E-state index in [1.165, 1.54) is 44.9 Å². The maximum atomic E-state index is 5.31. The highest BCUT2D eigenvalue weighted by molar-refractivity contribution is 5.47. The predicted octanol–water partition coefficient (Wildman–Crippen LogP) is 7.99. The number of hydrogen-bond donors (Lipinski definition) is 1. The minimum atomic E-state index is 0.0662. The average molecular weight is 560 g/mol. The fourth-order valence-electron chi connectivity index (χ4n) is 6.24. The van der Waals surface area contributed by atoms with Gasteiger partial charge in [0.2, 0.25) is 17.8 Å². The molecule has 0 aromatic carbocycles. The summed E-state index contributed by atoms with van der Waals surface area (Å²) in [5, 5.41) is 3.89. The zero-order chi connectivity index (χ0) is 29.6. The van der Waals surface area contributed by atoms with E-state index < -0.39 is 0 Å². The van der Waals surface area contributed by atoms with Gasteiger partial charge in [-0.2, -0.15) is 15.0 Å². The first-order valence-corrected chi connectivity index (χ1v) is 16.9. The summed E-state index contributed by atoms with van der Waals surface area (Å²) in [4.78, 5) is 23.3. The van der Waals surface area contributed by atoms with Gasteiger partial charge in [-0.3, -0.25) is 0 Å². The second-order valence-electron chi connectivity index (χ2n) is 13.5. The Bertz CT molecular complexity index is 755. The van der Waals surface area contributed by atoms with Gasteiger partial charge < -0.3 is 20.0 Å². The summed E-state index contributed by atoms with van der Waals surface area (Å²) in [5.74, 6) is 2.66. The number of piperidine rings is 1. The molecule has 1 aliphatic heterocycles. The van der Waals surface area contributed by atoms with Crippen molar-refractivity contribution >= 4 is 17.8 Å². The van der Waals surface area contributed by atoms with Gasteiger partial charge >= 0.3 is 0 Å². The van der Waals surface area contributed by atoms with E-state index in [-0.39, 0.29) is 11.1 Å². The van der Waals surface area contributed by atoms with Gasteiger partial charge in [-0.1, -0.05) is 73.1 Å². The third-order valence-electron chi connectivity index (χ3n) is 8.16. The Hall–Kier alpha value is -1.63. The molecule has 0 radical (unpaired) electrons. The maximum Gasteiger partial charge on any atom is 0.232 e. The molecule has 1 aromatic heterocycles. The molecular formula is C33H65N7. The Balaban J connectivity index is 2.64. The van der Waals surface area contributed by atoms with E-state index in [1.54, 1.807) is 0 Å². The molecule has 0 bridgehead atoms. The van der Waals surface area contributed by atoms with Gasteiger partial charge in [0.15, 0.2) is 0 Å². The molecule has 0 saturated carbocycles. The van der Waals surface area contributed by atoms with Gasteiger partial charge in [0, 0.05) is 49.8 Å². The highest BCUT2D eigenvalue weighted by Gasteiger charge is 2.41. The molecule has 2 rings (SSSR count). The molecule has 1 aliphatic rings. The summed E-state index contributed by atoms with van der Waals surface area (Å²) in [6.45, 7) is 25.8. The molecule has 0 aliphatic carbocycles. The van der Waals surface area contributed by atoms with E-state index in [4.69, 9.17) is 15.0 Å². The molecule has 40 heavy (non-hydrogen) atoms. The van der Waals surface area contributed by atoms with Crippen molar-refractivity contribution in [1.29, 1.82) is 0 Å². The van der Waals surface area contributed by atoms with Crippen LogP contribution in [-0.4, -0.2) is 64.8 Å². The number of nitrogens with zero attached hydrogens (tertiary/aromatic N) is 6. The molecule has 1 saturated heterocycles. The largest absolute Gasteiger partial charge is 0.341 e. The Labute approximate surface area is 248 Å². The predicted molar refractivity (Wildman–Crippen MR) is 175 cm³/mol. The van der Waals surface area contributed by atoms with Crippen LogP contribution in [0.5, 0.6) is 0 Å². The third-order valence-corrected chi connectivity index (χ3v) is 8.16. The van der Waals surface area contributed by atoms with E-state index in [0.29, 0.717) is 6.04 Å². The number of aromatic nitrogens is 3. The Morgan fingerprint density at radius 3 is 1.30 bits per heavy atom. The van der Waals surface area contributed by atoms with Crippen LogP contribution in [0.1, 0.15) is 146 Å². The summed E-state index contributed by atoms with van der Waals surface area (Å²) in [6, 6.07) is 0.394. The van der Waals surface area contributed by atoms with E-state index in [9.17, 15) is 0 Å². The molecule has 232 valence electrons. The number of rotatable bonds is 20. The van der Waals surface area contributed by atoms with Crippen molar-refractivity contribution in [2.45, 2.75) is 163 Å². The molecule has 0 spiro atoms.